The van der Waals surface area contributed by atoms with E-state index < -0.39 is 11.9 Å². The van der Waals surface area contributed by atoms with Crippen LogP contribution in [0.1, 0.15) is 44.9 Å². The molecule has 0 heterocycles. The van der Waals surface area contributed by atoms with Crippen molar-refractivity contribution in [2.45, 2.75) is 51.0 Å². The van der Waals surface area contributed by atoms with Gasteiger partial charge in [-0.1, -0.05) is 37.8 Å². The van der Waals surface area contributed by atoms with Crippen LogP contribution in [0.5, 0.6) is 0 Å². The van der Waals surface area contributed by atoms with E-state index in [9.17, 15) is 14.7 Å². The molecule has 0 spiro atoms. The van der Waals surface area contributed by atoms with Crippen LogP contribution in [-0.4, -0.2) is 35.0 Å². The number of amides is 1. The predicted molar refractivity (Wildman–Crippen MR) is 79.6 cm³/mol. The van der Waals surface area contributed by atoms with Gasteiger partial charge in [0.1, 0.15) is 0 Å². The molecule has 0 aliphatic heterocycles. The van der Waals surface area contributed by atoms with Gasteiger partial charge in [0.05, 0.1) is 11.8 Å². The van der Waals surface area contributed by atoms with Gasteiger partial charge in [0.25, 0.3) is 0 Å². The van der Waals surface area contributed by atoms with E-state index in [0.717, 1.165) is 19.3 Å². The fourth-order valence-corrected chi connectivity index (χ4v) is 4.56. The highest BCUT2D eigenvalue weighted by atomic mass is 16.4. The molecule has 2 saturated carbocycles. The van der Waals surface area contributed by atoms with Crippen molar-refractivity contribution in [1.82, 2.24) is 4.90 Å². The molecule has 0 aromatic carbocycles. The van der Waals surface area contributed by atoms with Crippen LogP contribution < -0.4 is 0 Å². The van der Waals surface area contributed by atoms with Gasteiger partial charge >= 0.3 is 5.97 Å². The minimum Gasteiger partial charge on any atom is -0.481 e. The highest BCUT2D eigenvalue weighted by molar-refractivity contribution is 5.87. The van der Waals surface area contributed by atoms with Crippen LogP contribution in [-0.2, 0) is 9.59 Å². The van der Waals surface area contributed by atoms with Crippen molar-refractivity contribution in [2.75, 3.05) is 7.05 Å². The Balaban J connectivity index is 1.74. The van der Waals surface area contributed by atoms with Gasteiger partial charge in [0, 0.05) is 13.1 Å². The Kier molecular flexibility index (Phi) is 4.05. The summed E-state index contributed by atoms with van der Waals surface area (Å²) in [5.41, 5.74) is 0. The summed E-state index contributed by atoms with van der Waals surface area (Å²) in [7, 11) is 1.88. The number of fused-ring (bicyclic) bond motifs is 2. The summed E-state index contributed by atoms with van der Waals surface area (Å²) in [5.74, 6) is -1.40. The van der Waals surface area contributed by atoms with E-state index in [0.29, 0.717) is 6.04 Å². The maximum atomic E-state index is 12.9. The molecular weight excluding hydrogens is 266 g/mol. The second-order valence-corrected chi connectivity index (χ2v) is 6.93. The smallest absolute Gasteiger partial charge is 0.307 e. The second-order valence-electron chi connectivity index (χ2n) is 6.93. The third kappa shape index (κ3) is 2.60. The number of hydrogen-bond acceptors (Lipinski definition) is 2. The molecule has 2 fully saturated rings. The maximum Gasteiger partial charge on any atom is 0.307 e. The number of aliphatic carboxylic acids is 1. The minimum atomic E-state index is -0.806. The molecule has 0 aromatic rings. The van der Waals surface area contributed by atoms with Gasteiger partial charge in [-0.25, -0.2) is 0 Å². The number of carbonyl (C=O) groups excluding carboxylic acids is 1. The Morgan fingerprint density at radius 1 is 1.00 bits per heavy atom. The molecule has 3 aliphatic rings. The summed E-state index contributed by atoms with van der Waals surface area (Å²) in [6.45, 7) is 0. The highest BCUT2D eigenvalue weighted by Gasteiger charge is 2.52. The Labute approximate surface area is 126 Å². The van der Waals surface area contributed by atoms with Crippen LogP contribution in [0, 0.1) is 23.7 Å². The standard InChI is InChI=1S/C17H25NO3/c1-18(13-6-4-2-3-5-7-13)16(19)14-11-8-9-12(10-11)15(14)17(20)21/h8-9,11-15H,2-7,10H2,1H3,(H,20,21)/t11?,12?,14-,15+/m0/s1. The Hall–Kier alpha value is -1.32. The second kappa shape index (κ2) is 5.82. The molecule has 116 valence electrons. The lowest BCUT2D eigenvalue weighted by molar-refractivity contribution is -0.151. The van der Waals surface area contributed by atoms with Gasteiger partial charge in [0.15, 0.2) is 0 Å². The van der Waals surface area contributed by atoms with Crippen LogP contribution in [0.2, 0.25) is 0 Å². The first-order valence-electron chi connectivity index (χ1n) is 8.27. The van der Waals surface area contributed by atoms with E-state index in [1.54, 1.807) is 0 Å². The molecule has 2 bridgehead atoms. The quantitative estimate of drug-likeness (QED) is 0.642. The first-order valence-corrected chi connectivity index (χ1v) is 8.27. The molecule has 1 amide bonds. The number of allylic oxidation sites excluding steroid dienone is 2. The van der Waals surface area contributed by atoms with E-state index in [-0.39, 0.29) is 23.7 Å². The number of nitrogens with zero attached hydrogens (tertiary/aromatic N) is 1. The first kappa shape index (κ1) is 14.6. The zero-order valence-corrected chi connectivity index (χ0v) is 12.7. The molecule has 3 aliphatic carbocycles. The normalized spacial score (nSPS) is 35.7. The molecule has 0 saturated heterocycles. The molecule has 2 unspecified atom stereocenters. The maximum absolute atomic E-state index is 12.9. The summed E-state index contributed by atoms with van der Waals surface area (Å²) in [6.07, 6.45) is 11.9. The van der Waals surface area contributed by atoms with Crippen molar-refractivity contribution in [3.8, 4) is 0 Å². The van der Waals surface area contributed by atoms with E-state index in [1.165, 1.54) is 25.7 Å². The summed E-state index contributed by atoms with van der Waals surface area (Å²) in [5, 5.41) is 9.49. The molecule has 4 heteroatoms. The fraction of sp³-hybridized carbons (Fsp3) is 0.765. The molecule has 3 rings (SSSR count). The van der Waals surface area contributed by atoms with Crippen molar-refractivity contribution < 1.29 is 14.7 Å². The lowest BCUT2D eigenvalue weighted by Crippen LogP contribution is -2.45. The van der Waals surface area contributed by atoms with E-state index in [1.807, 2.05) is 18.0 Å². The van der Waals surface area contributed by atoms with Crippen LogP contribution >= 0.6 is 0 Å². The fourth-order valence-electron chi connectivity index (χ4n) is 4.56. The van der Waals surface area contributed by atoms with Gasteiger partial charge < -0.3 is 10.0 Å². The van der Waals surface area contributed by atoms with Gasteiger partial charge in [-0.15, -0.1) is 0 Å². The number of rotatable bonds is 3. The molecule has 4 nitrogen and oxygen atoms in total. The van der Waals surface area contributed by atoms with Crippen LogP contribution in [0.3, 0.4) is 0 Å². The zero-order valence-electron chi connectivity index (χ0n) is 12.7. The Bertz CT molecular complexity index is 451. The van der Waals surface area contributed by atoms with Gasteiger partial charge in [0.2, 0.25) is 5.91 Å². The number of carbonyl (C=O) groups is 2. The van der Waals surface area contributed by atoms with Crippen molar-refractivity contribution in [3.63, 3.8) is 0 Å². The van der Waals surface area contributed by atoms with Gasteiger partial charge in [-0.2, -0.15) is 0 Å². The van der Waals surface area contributed by atoms with Gasteiger partial charge in [-0.3, -0.25) is 9.59 Å². The third-order valence-corrected chi connectivity index (χ3v) is 5.75. The van der Waals surface area contributed by atoms with Crippen LogP contribution in [0.4, 0.5) is 0 Å². The SMILES string of the molecule is CN(C(=O)[C@H]1C2C=CC(C2)[C@H]1C(=O)O)C1CCCCCC1. The third-order valence-electron chi connectivity index (χ3n) is 5.75. The van der Waals surface area contributed by atoms with E-state index >= 15 is 0 Å². The average molecular weight is 291 g/mol. The highest BCUT2D eigenvalue weighted by Crippen LogP contribution is 2.49. The largest absolute Gasteiger partial charge is 0.481 e. The molecule has 1 N–H and O–H groups in total. The molecular formula is C17H25NO3. The van der Waals surface area contributed by atoms with Crippen LogP contribution in [0.25, 0.3) is 0 Å². The lowest BCUT2D eigenvalue weighted by atomic mass is 9.82. The zero-order chi connectivity index (χ0) is 15.0. The summed E-state index contributed by atoms with van der Waals surface area (Å²) in [4.78, 5) is 26.3. The van der Waals surface area contributed by atoms with Crippen molar-refractivity contribution in [1.29, 1.82) is 0 Å². The summed E-state index contributed by atoms with van der Waals surface area (Å²) in [6, 6.07) is 0.303. The summed E-state index contributed by atoms with van der Waals surface area (Å²) < 4.78 is 0. The van der Waals surface area contributed by atoms with Crippen molar-refractivity contribution >= 4 is 11.9 Å². The number of hydrogen-bond donors (Lipinski definition) is 1. The Morgan fingerprint density at radius 2 is 1.57 bits per heavy atom. The topological polar surface area (TPSA) is 57.6 Å². The van der Waals surface area contributed by atoms with E-state index in [4.69, 9.17) is 0 Å². The monoisotopic (exact) mass is 291 g/mol. The predicted octanol–water partition coefficient (Wildman–Crippen LogP) is 2.69. The first-order chi connectivity index (χ1) is 10.1. The molecule has 0 radical (unpaired) electrons. The molecule has 4 atom stereocenters. The number of carboxylic acid groups (broad SMARTS) is 1. The average Bonchev–Trinajstić information content (AvgIpc) is 2.97. The minimum absolute atomic E-state index is 0.0592. The summed E-state index contributed by atoms with van der Waals surface area (Å²) >= 11 is 0. The Morgan fingerprint density at radius 3 is 2.14 bits per heavy atom. The molecule has 0 aromatic heterocycles. The molecule has 21 heavy (non-hydrogen) atoms. The lowest BCUT2D eigenvalue weighted by Gasteiger charge is -2.33. The number of carboxylic acids is 1. The van der Waals surface area contributed by atoms with Crippen LogP contribution in [0.15, 0.2) is 12.2 Å². The van der Waals surface area contributed by atoms with E-state index in [2.05, 4.69) is 6.08 Å². The van der Waals surface area contributed by atoms with Gasteiger partial charge in [-0.05, 0) is 31.1 Å². The van der Waals surface area contributed by atoms with Crippen molar-refractivity contribution in [3.05, 3.63) is 12.2 Å². The van der Waals surface area contributed by atoms with Crippen molar-refractivity contribution in [2.24, 2.45) is 23.7 Å².